The number of nitrogens with zero attached hydrogens (tertiary/aromatic N) is 3. The van der Waals surface area contributed by atoms with Crippen LogP contribution in [-0.4, -0.2) is 51.7 Å². The van der Waals surface area contributed by atoms with E-state index >= 15 is 0 Å². The molecule has 34 heavy (non-hydrogen) atoms. The monoisotopic (exact) mass is 483 g/mol. The first kappa shape index (κ1) is 24.7. The first-order valence-corrected chi connectivity index (χ1v) is 12.5. The number of aromatic nitrogens is 2. The van der Waals surface area contributed by atoms with Gasteiger partial charge in [-0.3, -0.25) is 4.90 Å². The molecule has 4 rings (SSSR count). The summed E-state index contributed by atoms with van der Waals surface area (Å²) in [5.74, 6) is 1.38. The van der Waals surface area contributed by atoms with Gasteiger partial charge in [0.15, 0.2) is 0 Å². The predicted molar refractivity (Wildman–Crippen MR) is 135 cm³/mol. The molecule has 1 atom stereocenters. The van der Waals surface area contributed by atoms with Gasteiger partial charge in [0.1, 0.15) is 5.75 Å². The molecule has 7 heteroatoms. The van der Waals surface area contributed by atoms with E-state index in [2.05, 4.69) is 11.8 Å². The molecule has 0 unspecified atom stereocenters. The number of para-hydroxylation sites is 1. The zero-order valence-corrected chi connectivity index (χ0v) is 20.7. The third kappa shape index (κ3) is 6.60. The van der Waals surface area contributed by atoms with Crippen molar-refractivity contribution in [2.75, 3.05) is 19.8 Å². The standard InChI is InChI=1S/C27H34ClN3O3/c1-3-4-16-33-19-24(32)17-30(22-12-13-22)18-26-20(2)29-31(23-8-6-5-7-9-23)27(26)34-25-14-10-21(28)11-15-25/h5-11,14-15,22,24,32H,3-4,12-13,16-19H2,1-2H3/t24-/m1/s1. The van der Waals surface area contributed by atoms with Crippen molar-refractivity contribution in [1.29, 1.82) is 0 Å². The van der Waals surface area contributed by atoms with Crippen LogP contribution in [0.3, 0.4) is 0 Å². The molecule has 0 spiro atoms. The van der Waals surface area contributed by atoms with Crippen LogP contribution in [0.2, 0.25) is 5.02 Å². The molecule has 1 aromatic heterocycles. The lowest BCUT2D eigenvalue weighted by molar-refractivity contribution is 0.0127. The Hall–Kier alpha value is -2.38. The van der Waals surface area contributed by atoms with E-state index in [-0.39, 0.29) is 0 Å². The van der Waals surface area contributed by atoms with E-state index in [1.807, 2.05) is 66.2 Å². The summed E-state index contributed by atoms with van der Waals surface area (Å²) in [4.78, 5) is 2.34. The summed E-state index contributed by atoms with van der Waals surface area (Å²) in [7, 11) is 0. The van der Waals surface area contributed by atoms with E-state index in [9.17, 15) is 5.11 Å². The van der Waals surface area contributed by atoms with Gasteiger partial charge in [-0.2, -0.15) is 5.10 Å². The maximum absolute atomic E-state index is 10.6. The second-order valence-electron chi connectivity index (χ2n) is 8.92. The van der Waals surface area contributed by atoms with Crippen molar-refractivity contribution in [3.8, 4) is 17.3 Å². The van der Waals surface area contributed by atoms with Crippen LogP contribution >= 0.6 is 11.6 Å². The molecule has 0 aliphatic heterocycles. The van der Waals surface area contributed by atoms with Gasteiger partial charge in [-0.15, -0.1) is 0 Å². The van der Waals surface area contributed by atoms with Crippen molar-refractivity contribution in [1.82, 2.24) is 14.7 Å². The fourth-order valence-electron chi connectivity index (χ4n) is 3.96. The number of aryl methyl sites for hydroxylation is 1. The van der Waals surface area contributed by atoms with Crippen LogP contribution in [0.5, 0.6) is 11.6 Å². The summed E-state index contributed by atoms with van der Waals surface area (Å²) in [5, 5.41) is 16.1. The van der Waals surface area contributed by atoms with Crippen molar-refractivity contribution in [3.05, 3.63) is 70.9 Å². The molecular formula is C27H34ClN3O3. The Bertz CT molecular complexity index is 1040. The van der Waals surface area contributed by atoms with Gasteiger partial charge in [-0.1, -0.05) is 43.1 Å². The minimum atomic E-state index is -0.525. The number of aliphatic hydroxyl groups is 1. The van der Waals surface area contributed by atoms with Gasteiger partial charge in [0, 0.05) is 30.8 Å². The Kier molecular flexibility index (Phi) is 8.62. The molecule has 182 valence electrons. The highest BCUT2D eigenvalue weighted by Gasteiger charge is 2.32. The number of hydrogen-bond acceptors (Lipinski definition) is 5. The van der Waals surface area contributed by atoms with E-state index in [1.54, 1.807) is 0 Å². The van der Waals surface area contributed by atoms with Gasteiger partial charge in [-0.05, 0) is 62.6 Å². The lowest BCUT2D eigenvalue weighted by Gasteiger charge is -2.25. The Labute approximate surface area is 207 Å². The van der Waals surface area contributed by atoms with Crippen LogP contribution in [0.25, 0.3) is 5.69 Å². The van der Waals surface area contributed by atoms with Gasteiger partial charge in [0.2, 0.25) is 5.88 Å². The van der Waals surface area contributed by atoms with Crippen molar-refractivity contribution < 1.29 is 14.6 Å². The van der Waals surface area contributed by atoms with Gasteiger partial charge in [-0.25, -0.2) is 4.68 Å². The Balaban J connectivity index is 1.58. The third-order valence-electron chi connectivity index (χ3n) is 5.99. The smallest absolute Gasteiger partial charge is 0.227 e. The minimum absolute atomic E-state index is 0.361. The Morgan fingerprint density at radius 3 is 2.56 bits per heavy atom. The summed E-state index contributed by atoms with van der Waals surface area (Å²) in [6.45, 7) is 6.42. The number of rotatable bonds is 13. The van der Waals surface area contributed by atoms with Crippen LogP contribution in [0.4, 0.5) is 0 Å². The number of halogens is 1. The van der Waals surface area contributed by atoms with Crippen LogP contribution in [-0.2, 0) is 11.3 Å². The molecule has 6 nitrogen and oxygen atoms in total. The zero-order chi connectivity index (χ0) is 23.9. The van der Waals surface area contributed by atoms with E-state index in [4.69, 9.17) is 26.2 Å². The molecule has 3 aromatic rings. The molecular weight excluding hydrogens is 450 g/mol. The van der Waals surface area contributed by atoms with Crippen LogP contribution in [0, 0.1) is 6.92 Å². The summed E-state index contributed by atoms with van der Waals surface area (Å²) < 4.78 is 13.9. The highest BCUT2D eigenvalue weighted by molar-refractivity contribution is 6.30. The second-order valence-corrected chi connectivity index (χ2v) is 9.35. The molecule has 2 aromatic carbocycles. The van der Waals surface area contributed by atoms with Gasteiger partial charge < -0.3 is 14.6 Å². The fourth-order valence-corrected chi connectivity index (χ4v) is 4.08. The average molecular weight is 484 g/mol. The predicted octanol–water partition coefficient (Wildman–Crippen LogP) is 5.77. The quantitative estimate of drug-likeness (QED) is 0.313. The highest BCUT2D eigenvalue weighted by Crippen LogP contribution is 2.35. The van der Waals surface area contributed by atoms with Crippen LogP contribution in [0.1, 0.15) is 43.9 Å². The SMILES string of the molecule is CCCCOC[C@H](O)CN(Cc1c(C)nn(-c2ccccc2)c1Oc1ccc(Cl)cc1)C1CC1. The first-order valence-electron chi connectivity index (χ1n) is 12.1. The molecule has 0 bridgehead atoms. The summed E-state index contributed by atoms with van der Waals surface area (Å²) in [6, 6.07) is 17.8. The van der Waals surface area contributed by atoms with E-state index in [0.29, 0.717) is 49.0 Å². The summed E-state index contributed by atoms with van der Waals surface area (Å²) >= 11 is 6.08. The normalized spacial score (nSPS) is 14.5. The lowest BCUT2D eigenvalue weighted by Crippen LogP contribution is -2.36. The van der Waals surface area contributed by atoms with Crippen molar-refractivity contribution in [2.24, 2.45) is 0 Å². The number of hydrogen-bond donors (Lipinski definition) is 1. The second kappa shape index (κ2) is 11.8. The third-order valence-corrected chi connectivity index (χ3v) is 6.24. The van der Waals surface area contributed by atoms with Crippen LogP contribution < -0.4 is 4.74 Å². The molecule has 1 fully saturated rings. The molecule has 1 saturated carbocycles. The Morgan fingerprint density at radius 2 is 1.88 bits per heavy atom. The molecule has 1 aliphatic carbocycles. The van der Waals surface area contributed by atoms with Crippen molar-refractivity contribution in [3.63, 3.8) is 0 Å². The topological polar surface area (TPSA) is 59.8 Å². The van der Waals surface area contributed by atoms with Crippen molar-refractivity contribution >= 4 is 11.6 Å². The van der Waals surface area contributed by atoms with E-state index in [1.165, 1.54) is 0 Å². The largest absolute Gasteiger partial charge is 0.439 e. The number of ether oxygens (including phenoxy) is 2. The summed E-state index contributed by atoms with van der Waals surface area (Å²) in [5.41, 5.74) is 2.86. The van der Waals surface area contributed by atoms with E-state index in [0.717, 1.165) is 42.6 Å². The lowest BCUT2D eigenvalue weighted by atomic mass is 10.2. The molecule has 0 radical (unpaired) electrons. The van der Waals surface area contributed by atoms with Crippen molar-refractivity contribution in [2.45, 2.75) is 58.2 Å². The maximum Gasteiger partial charge on any atom is 0.227 e. The maximum atomic E-state index is 10.6. The first-order chi connectivity index (χ1) is 16.5. The fraction of sp³-hybridized carbons (Fsp3) is 0.444. The molecule has 0 amide bonds. The van der Waals surface area contributed by atoms with Gasteiger partial charge in [0.05, 0.1) is 29.7 Å². The number of aliphatic hydroxyl groups excluding tert-OH is 1. The highest BCUT2D eigenvalue weighted by atomic mass is 35.5. The number of unbranched alkanes of at least 4 members (excludes halogenated alkanes) is 1. The minimum Gasteiger partial charge on any atom is -0.439 e. The molecule has 1 aliphatic rings. The molecule has 1 heterocycles. The number of benzene rings is 2. The average Bonchev–Trinajstić information content (AvgIpc) is 3.65. The van der Waals surface area contributed by atoms with E-state index < -0.39 is 6.10 Å². The Morgan fingerprint density at radius 1 is 1.15 bits per heavy atom. The van der Waals surface area contributed by atoms with Gasteiger partial charge >= 0.3 is 0 Å². The summed E-state index contributed by atoms with van der Waals surface area (Å²) in [6.07, 6.45) is 3.86. The molecule has 0 saturated heterocycles. The van der Waals surface area contributed by atoms with Gasteiger partial charge in [0.25, 0.3) is 0 Å². The van der Waals surface area contributed by atoms with Crippen LogP contribution in [0.15, 0.2) is 54.6 Å². The zero-order valence-electron chi connectivity index (χ0n) is 20.0. The molecule has 1 N–H and O–H groups in total.